The topological polar surface area (TPSA) is 41.1 Å². The molecule has 0 heterocycles. The van der Waals surface area contributed by atoms with Crippen LogP contribution in [0.15, 0.2) is 54.6 Å². The highest BCUT2D eigenvalue weighted by atomic mass is 19.1. The smallest absolute Gasteiger partial charge is 0.234 e. The molecule has 2 aromatic rings. The molecule has 1 aliphatic carbocycles. The Labute approximate surface area is 155 Å². The average molecular weight is 354 g/mol. The second kappa shape index (κ2) is 8.95. The van der Waals surface area contributed by atoms with E-state index < -0.39 is 0 Å². The lowest BCUT2D eigenvalue weighted by Gasteiger charge is -2.30. The Balaban J connectivity index is 1.66. The Morgan fingerprint density at radius 2 is 1.69 bits per heavy atom. The highest BCUT2D eigenvalue weighted by Gasteiger charge is 2.23. The van der Waals surface area contributed by atoms with Crippen molar-refractivity contribution >= 4 is 5.91 Å². The summed E-state index contributed by atoms with van der Waals surface area (Å²) in [6, 6.07) is 16.5. The summed E-state index contributed by atoms with van der Waals surface area (Å²) in [5.74, 6) is 0.297. The lowest BCUT2D eigenvalue weighted by Crippen LogP contribution is -2.45. The average Bonchev–Trinajstić information content (AvgIpc) is 2.66. The van der Waals surface area contributed by atoms with Crippen LogP contribution in [0.1, 0.15) is 49.8 Å². The highest BCUT2D eigenvalue weighted by molar-refractivity contribution is 5.78. The molecule has 0 aliphatic heterocycles. The Bertz CT molecular complexity index is 702. The summed E-state index contributed by atoms with van der Waals surface area (Å²) in [7, 11) is 0. The molecular formula is C22H27FN2O. The molecule has 4 heteroatoms. The first-order valence-electron chi connectivity index (χ1n) is 9.46. The van der Waals surface area contributed by atoms with Gasteiger partial charge in [0.25, 0.3) is 0 Å². The van der Waals surface area contributed by atoms with Gasteiger partial charge in [0, 0.05) is 6.04 Å². The Morgan fingerprint density at radius 1 is 1.04 bits per heavy atom. The van der Waals surface area contributed by atoms with E-state index >= 15 is 0 Å². The fourth-order valence-electron chi connectivity index (χ4n) is 3.71. The van der Waals surface area contributed by atoms with Crippen molar-refractivity contribution in [2.24, 2.45) is 5.92 Å². The van der Waals surface area contributed by atoms with Gasteiger partial charge in [0.1, 0.15) is 5.82 Å². The van der Waals surface area contributed by atoms with Gasteiger partial charge in [-0.05, 0) is 42.0 Å². The molecule has 0 bridgehead atoms. The van der Waals surface area contributed by atoms with E-state index in [1.165, 1.54) is 31.4 Å². The van der Waals surface area contributed by atoms with Crippen molar-refractivity contribution in [3.8, 4) is 0 Å². The van der Waals surface area contributed by atoms with Crippen LogP contribution >= 0.6 is 0 Å². The molecule has 2 aromatic carbocycles. The van der Waals surface area contributed by atoms with Crippen LogP contribution in [0.2, 0.25) is 0 Å². The summed E-state index contributed by atoms with van der Waals surface area (Å²) in [5.41, 5.74) is 1.99. The fraction of sp³-hybridized carbons (Fsp3) is 0.409. The van der Waals surface area contributed by atoms with E-state index in [-0.39, 0.29) is 30.4 Å². The Kier molecular flexibility index (Phi) is 6.40. The summed E-state index contributed by atoms with van der Waals surface area (Å²) in [5, 5.41) is 6.52. The monoisotopic (exact) mass is 354 g/mol. The van der Waals surface area contributed by atoms with Crippen molar-refractivity contribution in [1.82, 2.24) is 10.6 Å². The first kappa shape index (κ1) is 18.6. The molecule has 0 radical (unpaired) electrons. The van der Waals surface area contributed by atoms with Gasteiger partial charge in [0.05, 0.1) is 12.6 Å². The molecule has 0 aromatic heterocycles. The minimum atomic E-state index is -0.260. The Hall–Kier alpha value is -2.20. The molecule has 0 spiro atoms. The number of carbonyl (C=O) groups excluding carboxylic acids is 1. The van der Waals surface area contributed by atoms with Crippen LogP contribution in [0.5, 0.6) is 0 Å². The van der Waals surface area contributed by atoms with Gasteiger partial charge in [-0.25, -0.2) is 4.39 Å². The second-order valence-corrected chi connectivity index (χ2v) is 7.21. The number of halogens is 1. The molecule has 1 fully saturated rings. The lowest BCUT2D eigenvalue weighted by molar-refractivity contribution is -0.121. The number of rotatable bonds is 6. The summed E-state index contributed by atoms with van der Waals surface area (Å²) in [6.07, 6.45) is 4.69. The maximum atomic E-state index is 13.3. The minimum absolute atomic E-state index is 0.0202. The van der Waals surface area contributed by atoms with Crippen molar-refractivity contribution < 1.29 is 9.18 Å². The zero-order valence-electron chi connectivity index (χ0n) is 15.2. The van der Waals surface area contributed by atoms with Gasteiger partial charge in [0.15, 0.2) is 0 Å². The van der Waals surface area contributed by atoms with Crippen LogP contribution in [-0.2, 0) is 4.79 Å². The minimum Gasteiger partial charge on any atom is -0.352 e. The molecule has 3 unspecified atom stereocenters. The Morgan fingerprint density at radius 3 is 2.38 bits per heavy atom. The maximum Gasteiger partial charge on any atom is 0.234 e. The first-order valence-corrected chi connectivity index (χ1v) is 9.46. The summed E-state index contributed by atoms with van der Waals surface area (Å²) in [4.78, 5) is 12.4. The van der Waals surface area contributed by atoms with Crippen LogP contribution in [0.3, 0.4) is 0 Å². The fourth-order valence-corrected chi connectivity index (χ4v) is 3.71. The van der Waals surface area contributed by atoms with Gasteiger partial charge in [0.2, 0.25) is 5.91 Å². The van der Waals surface area contributed by atoms with Crippen LogP contribution in [0, 0.1) is 11.7 Å². The maximum absolute atomic E-state index is 13.3. The summed E-state index contributed by atoms with van der Waals surface area (Å²) >= 11 is 0. The van der Waals surface area contributed by atoms with E-state index in [1.807, 2.05) is 30.3 Å². The van der Waals surface area contributed by atoms with Crippen LogP contribution in [0.4, 0.5) is 4.39 Å². The lowest BCUT2D eigenvalue weighted by atomic mass is 9.86. The third kappa shape index (κ3) is 4.92. The van der Waals surface area contributed by atoms with Gasteiger partial charge in [-0.3, -0.25) is 10.1 Å². The predicted octanol–water partition coefficient (Wildman–Crippen LogP) is 4.20. The van der Waals surface area contributed by atoms with Gasteiger partial charge < -0.3 is 5.32 Å². The standard InChI is InChI=1S/C22H27FN2O/c1-16-7-5-6-10-20(16)25-21(26)15-24-22(17-8-3-2-4-9-17)18-11-13-19(23)14-12-18/h2-4,8-9,11-14,16,20,22,24H,5-7,10,15H2,1H3,(H,25,26). The van der Waals surface area contributed by atoms with E-state index in [1.54, 1.807) is 12.1 Å². The van der Waals surface area contributed by atoms with Crippen molar-refractivity contribution in [2.75, 3.05) is 6.54 Å². The third-order valence-electron chi connectivity index (χ3n) is 5.26. The largest absolute Gasteiger partial charge is 0.352 e. The number of nitrogens with one attached hydrogen (secondary N) is 2. The van der Waals surface area contributed by atoms with Crippen molar-refractivity contribution in [2.45, 2.75) is 44.7 Å². The summed E-state index contributed by atoms with van der Waals surface area (Å²) < 4.78 is 13.3. The molecule has 3 rings (SSSR count). The van der Waals surface area contributed by atoms with E-state index in [9.17, 15) is 9.18 Å². The molecule has 2 N–H and O–H groups in total. The molecule has 0 saturated heterocycles. The molecule has 138 valence electrons. The van der Waals surface area contributed by atoms with Crippen LogP contribution in [0.25, 0.3) is 0 Å². The quantitative estimate of drug-likeness (QED) is 0.816. The molecule has 1 aliphatic rings. The van der Waals surface area contributed by atoms with Gasteiger partial charge in [-0.15, -0.1) is 0 Å². The molecule has 1 saturated carbocycles. The van der Waals surface area contributed by atoms with Crippen molar-refractivity contribution in [3.05, 3.63) is 71.5 Å². The SMILES string of the molecule is CC1CCCCC1NC(=O)CNC(c1ccccc1)c1ccc(F)cc1. The first-order chi connectivity index (χ1) is 12.6. The predicted molar refractivity (Wildman–Crippen MR) is 102 cm³/mol. The number of benzene rings is 2. The van der Waals surface area contributed by atoms with Crippen molar-refractivity contribution in [1.29, 1.82) is 0 Å². The van der Waals surface area contributed by atoms with E-state index in [0.29, 0.717) is 5.92 Å². The zero-order chi connectivity index (χ0) is 18.4. The normalized spacial score (nSPS) is 21.2. The number of hydrogen-bond donors (Lipinski definition) is 2. The number of hydrogen-bond acceptors (Lipinski definition) is 2. The molecule has 26 heavy (non-hydrogen) atoms. The second-order valence-electron chi connectivity index (χ2n) is 7.21. The van der Waals surface area contributed by atoms with Gasteiger partial charge in [-0.2, -0.15) is 0 Å². The van der Waals surface area contributed by atoms with Gasteiger partial charge in [-0.1, -0.05) is 62.2 Å². The summed E-state index contributed by atoms with van der Waals surface area (Å²) in [6.45, 7) is 2.45. The number of carbonyl (C=O) groups is 1. The van der Waals surface area contributed by atoms with Crippen LogP contribution < -0.4 is 10.6 Å². The van der Waals surface area contributed by atoms with E-state index in [0.717, 1.165) is 17.5 Å². The molecular weight excluding hydrogens is 327 g/mol. The molecule has 3 nitrogen and oxygen atoms in total. The van der Waals surface area contributed by atoms with E-state index in [2.05, 4.69) is 17.6 Å². The third-order valence-corrected chi connectivity index (χ3v) is 5.26. The van der Waals surface area contributed by atoms with Crippen LogP contribution in [-0.4, -0.2) is 18.5 Å². The highest BCUT2D eigenvalue weighted by Crippen LogP contribution is 2.24. The molecule has 1 amide bonds. The zero-order valence-corrected chi connectivity index (χ0v) is 15.2. The molecule has 3 atom stereocenters. The van der Waals surface area contributed by atoms with E-state index in [4.69, 9.17) is 0 Å². The number of amides is 1. The van der Waals surface area contributed by atoms with Crippen molar-refractivity contribution in [3.63, 3.8) is 0 Å². The van der Waals surface area contributed by atoms with Gasteiger partial charge >= 0.3 is 0 Å².